The van der Waals surface area contributed by atoms with E-state index in [9.17, 15) is 9.18 Å². The number of ether oxygens (including phenoxy) is 1. The summed E-state index contributed by atoms with van der Waals surface area (Å²) in [7, 11) is 0. The summed E-state index contributed by atoms with van der Waals surface area (Å²) in [5.74, 6) is -1.18. The zero-order valence-electron chi connectivity index (χ0n) is 9.02. The predicted octanol–water partition coefficient (Wildman–Crippen LogP) is 0.176. The molecule has 1 fully saturated rings. The van der Waals surface area contributed by atoms with Crippen molar-refractivity contribution in [2.45, 2.75) is 0 Å². The summed E-state index contributed by atoms with van der Waals surface area (Å²) in [5, 5.41) is 8.42. The van der Waals surface area contributed by atoms with Gasteiger partial charge in [-0.3, -0.25) is 10.0 Å². The fraction of sp³-hybridized carbons (Fsp3) is 0.400. The van der Waals surface area contributed by atoms with Crippen LogP contribution in [-0.4, -0.2) is 42.4 Å². The van der Waals surface area contributed by atoms with E-state index in [1.165, 1.54) is 11.7 Å². The third-order valence-corrected chi connectivity index (χ3v) is 2.50. The Hall–Kier alpha value is -1.73. The summed E-state index contributed by atoms with van der Waals surface area (Å²) in [6.07, 6.45) is 1.22. The molecule has 2 N–H and O–H groups in total. The maximum Gasteiger partial charge on any atom is 0.276 e. The third-order valence-electron chi connectivity index (χ3n) is 2.50. The van der Waals surface area contributed by atoms with Crippen LogP contribution in [0.5, 0.6) is 0 Å². The number of anilines is 1. The summed E-state index contributed by atoms with van der Waals surface area (Å²) < 4.78 is 18.9. The molecule has 0 saturated carbocycles. The Balaban J connectivity index is 2.21. The fourth-order valence-electron chi connectivity index (χ4n) is 1.63. The summed E-state index contributed by atoms with van der Waals surface area (Å²) in [6, 6.07) is 1.04. The van der Waals surface area contributed by atoms with Gasteiger partial charge in [-0.25, -0.2) is 14.9 Å². The van der Waals surface area contributed by atoms with Crippen molar-refractivity contribution in [2.75, 3.05) is 31.2 Å². The number of halogens is 1. The number of morpholine rings is 1. The average molecular weight is 241 g/mol. The molecule has 1 aromatic rings. The molecule has 6 nitrogen and oxygen atoms in total. The molecule has 0 aromatic carbocycles. The molecule has 0 bridgehead atoms. The van der Waals surface area contributed by atoms with Crippen LogP contribution in [0, 0.1) is 5.82 Å². The highest BCUT2D eigenvalue weighted by molar-refractivity contribution is 5.93. The monoisotopic (exact) mass is 241 g/mol. The van der Waals surface area contributed by atoms with E-state index in [4.69, 9.17) is 9.94 Å². The van der Waals surface area contributed by atoms with Gasteiger partial charge in [0, 0.05) is 19.3 Å². The van der Waals surface area contributed by atoms with E-state index in [0.29, 0.717) is 26.3 Å². The number of amides is 1. The molecule has 1 aromatic heterocycles. The number of aromatic nitrogens is 1. The van der Waals surface area contributed by atoms with Crippen LogP contribution in [0.3, 0.4) is 0 Å². The van der Waals surface area contributed by atoms with Gasteiger partial charge in [-0.1, -0.05) is 0 Å². The number of nitrogens with zero attached hydrogens (tertiary/aromatic N) is 2. The first-order valence-electron chi connectivity index (χ1n) is 5.15. The second kappa shape index (κ2) is 5.07. The zero-order chi connectivity index (χ0) is 12.3. The molecule has 2 heterocycles. The van der Waals surface area contributed by atoms with Gasteiger partial charge in [0.1, 0.15) is 0 Å². The van der Waals surface area contributed by atoms with E-state index >= 15 is 0 Å². The Kier molecular flexibility index (Phi) is 3.50. The molecule has 92 valence electrons. The molecule has 0 spiro atoms. The van der Waals surface area contributed by atoms with Crippen molar-refractivity contribution >= 4 is 11.7 Å². The molecule has 2 rings (SSSR count). The van der Waals surface area contributed by atoms with Gasteiger partial charge in [-0.05, 0) is 6.07 Å². The molecular formula is C10H12FN3O3. The number of nitrogens with one attached hydrogen (secondary N) is 1. The lowest BCUT2D eigenvalue weighted by atomic mass is 10.2. The van der Waals surface area contributed by atoms with Crippen LogP contribution in [0.25, 0.3) is 0 Å². The summed E-state index contributed by atoms with van der Waals surface area (Å²) >= 11 is 0. The van der Waals surface area contributed by atoms with Gasteiger partial charge in [0.05, 0.1) is 18.8 Å². The van der Waals surface area contributed by atoms with Crippen molar-refractivity contribution in [3.8, 4) is 0 Å². The van der Waals surface area contributed by atoms with Crippen molar-refractivity contribution in [3.05, 3.63) is 23.6 Å². The molecule has 7 heteroatoms. The molecule has 1 amide bonds. The Labute approximate surface area is 97.0 Å². The maximum absolute atomic E-state index is 13.7. The minimum Gasteiger partial charge on any atom is -0.378 e. The van der Waals surface area contributed by atoms with E-state index in [-0.39, 0.29) is 11.4 Å². The molecule has 17 heavy (non-hydrogen) atoms. The average Bonchev–Trinajstić information content (AvgIpc) is 2.38. The number of hydrogen-bond acceptors (Lipinski definition) is 5. The van der Waals surface area contributed by atoms with Gasteiger partial charge in [-0.15, -0.1) is 0 Å². The molecule has 1 saturated heterocycles. The van der Waals surface area contributed by atoms with Crippen molar-refractivity contribution < 1.29 is 19.1 Å². The van der Waals surface area contributed by atoms with Crippen LogP contribution in [0.4, 0.5) is 10.2 Å². The van der Waals surface area contributed by atoms with Crippen molar-refractivity contribution in [1.29, 1.82) is 0 Å². The summed E-state index contributed by atoms with van der Waals surface area (Å²) in [4.78, 5) is 16.7. The molecule has 0 atom stereocenters. The molecular weight excluding hydrogens is 229 g/mol. The van der Waals surface area contributed by atoms with Crippen molar-refractivity contribution in [1.82, 2.24) is 10.5 Å². The molecule has 1 aliphatic heterocycles. The maximum atomic E-state index is 13.7. The normalized spacial score (nSPS) is 15.8. The fourth-order valence-corrected chi connectivity index (χ4v) is 1.63. The number of rotatable bonds is 2. The Bertz CT molecular complexity index is 421. The molecule has 0 aliphatic carbocycles. The highest BCUT2D eigenvalue weighted by Gasteiger charge is 2.18. The number of pyridine rings is 1. The minimum absolute atomic E-state index is 0.0259. The van der Waals surface area contributed by atoms with Gasteiger partial charge in [-0.2, -0.15) is 0 Å². The first kappa shape index (κ1) is 11.7. The van der Waals surface area contributed by atoms with Crippen LogP contribution in [0.1, 0.15) is 10.4 Å². The van der Waals surface area contributed by atoms with E-state index in [1.54, 1.807) is 4.90 Å². The lowest BCUT2D eigenvalue weighted by Crippen LogP contribution is -2.37. The van der Waals surface area contributed by atoms with Crippen LogP contribution < -0.4 is 10.4 Å². The highest BCUT2D eigenvalue weighted by Crippen LogP contribution is 2.18. The zero-order valence-corrected chi connectivity index (χ0v) is 9.02. The Morgan fingerprint density at radius 2 is 2.24 bits per heavy atom. The summed E-state index contributed by atoms with van der Waals surface area (Å²) in [5.41, 5.74) is 1.40. The largest absolute Gasteiger partial charge is 0.378 e. The number of carbonyl (C=O) groups is 1. The van der Waals surface area contributed by atoms with Gasteiger partial charge in [0.25, 0.3) is 5.91 Å². The molecule has 0 unspecified atom stereocenters. The van der Waals surface area contributed by atoms with Gasteiger partial charge >= 0.3 is 0 Å². The lowest BCUT2D eigenvalue weighted by Gasteiger charge is -2.28. The van der Waals surface area contributed by atoms with E-state index in [0.717, 1.165) is 6.07 Å². The van der Waals surface area contributed by atoms with E-state index in [2.05, 4.69) is 4.98 Å². The first-order chi connectivity index (χ1) is 8.22. The minimum atomic E-state index is -0.787. The number of carbonyl (C=O) groups excluding carboxylic acids is 1. The van der Waals surface area contributed by atoms with Crippen LogP contribution >= 0.6 is 0 Å². The van der Waals surface area contributed by atoms with Gasteiger partial charge in [0.15, 0.2) is 11.6 Å². The van der Waals surface area contributed by atoms with E-state index in [1.807, 2.05) is 0 Å². The van der Waals surface area contributed by atoms with E-state index < -0.39 is 11.7 Å². The third kappa shape index (κ3) is 2.51. The van der Waals surface area contributed by atoms with Crippen molar-refractivity contribution in [2.24, 2.45) is 0 Å². The van der Waals surface area contributed by atoms with Gasteiger partial charge < -0.3 is 9.64 Å². The first-order valence-corrected chi connectivity index (χ1v) is 5.15. The van der Waals surface area contributed by atoms with Gasteiger partial charge in [0.2, 0.25) is 0 Å². The summed E-state index contributed by atoms with van der Waals surface area (Å²) in [6.45, 7) is 2.19. The topological polar surface area (TPSA) is 74.7 Å². The molecule has 1 aliphatic rings. The molecule has 0 radical (unpaired) electrons. The highest BCUT2D eigenvalue weighted by atomic mass is 19.1. The quantitative estimate of drug-likeness (QED) is 0.570. The second-order valence-corrected chi connectivity index (χ2v) is 3.57. The standard InChI is InChI=1S/C10H12FN3O3/c11-8-5-7(10(15)13-16)6-12-9(8)14-1-3-17-4-2-14/h5-6,16H,1-4H2,(H,13,15). The number of hydroxylamine groups is 1. The van der Waals surface area contributed by atoms with Crippen LogP contribution in [0.2, 0.25) is 0 Å². The van der Waals surface area contributed by atoms with Crippen LogP contribution in [-0.2, 0) is 4.74 Å². The number of hydrogen-bond donors (Lipinski definition) is 2. The lowest BCUT2D eigenvalue weighted by molar-refractivity contribution is 0.0705. The predicted molar refractivity (Wildman–Crippen MR) is 56.5 cm³/mol. The SMILES string of the molecule is O=C(NO)c1cnc(N2CCOCC2)c(F)c1. The second-order valence-electron chi connectivity index (χ2n) is 3.57. The van der Waals surface area contributed by atoms with Crippen molar-refractivity contribution in [3.63, 3.8) is 0 Å². The Morgan fingerprint density at radius 3 is 2.82 bits per heavy atom. The van der Waals surface area contributed by atoms with Crippen LogP contribution in [0.15, 0.2) is 12.3 Å². The Morgan fingerprint density at radius 1 is 1.53 bits per heavy atom. The smallest absolute Gasteiger partial charge is 0.276 e.